The zero-order valence-corrected chi connectivity index (χ0v) is 15.5. The topological polar surface area (TPSA) is 43.4 Å². The highest BCUT2D eigenvalue weighted by Crippen LogP contribution is 2.28. The first-order chi connectivity index (χ1) is 12.1. The van der Waals surface area contributed by atoms with Crippen molar-refractivity contribution in [1.29, 1.82) is 0 Å². The van der Waals surface area contributed by atoms with Crippen LogP contribution in [0, 0.1) is 12.3 Å². The first-order valence-electron chi connectivity index (χ1n) is 7.72. The average molecular weight is 375 g/mol. The third kappa shape index (κ3) is 6.26. The summed E-state index contributed by atoms with van der Waals surface area (Å²) in [4.78, 5) is 4.84. The molecule has 0 amide bonds. The molecule has 1 heterocycles. The number of ether oxygens (including phenoxy) is 2. The van der Waals surface area contributed by atoms with Crippen molar-refractivity contribution in [3.05, 3.63) is 52.8 Å². The van der Waals surface area contributed by atoms with Crippen molar-refractivity contribution in [3.8, 4) is 23.8 Å². The van der Waals surface area contributed by atoms with Crippen LogP contribution in [0.2, 0.25) is 5.15 Å². The molecule has 1 aromatic heterocycles. The van der Waals surface area contributed by atoms with Crippen LogP contribution in [-0.2, 0) is 13.0 Å². The van der Waals surface area contributed by atoms with Crippen molar-refractivity contribution < 1.29 is 9.47 Å². The SMILES string of the molecule is C#CCOc1ccc(CCC(=S)NCc2ccc(Cl)nc2)cc1OC. The summed E-state index contributed by atoms with van der Waals surface area (Å²) in [5, 5.41) is 3.71. The summed E-state index contributed by atoms with van der Waals surface area (Å²) in [6, 6.07) is 9.47. The van der Waals surface area contributed by atoms with Gasteiger partial charge in [-0.3, -0.25) is 0 Å². The maximum Gasteiger partial charge on any atom is 0.162 e. The molecule has 1 N–H and O–H groups in total. The van der Waals surface area contributed by atoms with Crippen molar-refractivity contribution in [2.45, 2.75) is 19.4 Å². The third-order valence-corrected chi connectivity index (χ3v) is 4.03. The van der Waals surface area contributed by atoms with Gasteiger partial charge in [0.1, 0.15) is 11.8 Å². The lowest BCUT2D eigenvalue weighted by atomic mass is 10.1. The van der Waals surface area contributed by atoms with E-state index in [0.29, 0.717) is 23.2 Å². The largest absolute Gasteiger partial charge is 0.493 e. The molecule has 25 heavy (non-hydrogen) atoms. The maximum atomic E-state index is 5.77. The molecule has 0 aliphatic rings. The summed E-state index contributed by atoms with van der Waals surface area (Å²) in [5.41, 5.74) is 2.14. The molecule has 4 nitrogen and oxygen atoms in total. The Morgan fingerprint density at radius 3 is 2.76 bits per heavy atom. The number of terminal acetylenes is 1. The summed E-state index contributed by atoms with van der Waals surface area (Å²) in [6.45, 7) is 0.842. The van der Waals surface area contributed by atoms with Gasteiger partial charge in [0, 0.05) is 19.2 Å². The minimum absolute atomic E-state index is 0.212. The number of pyridine rings is 1. The zero-order valence-electron chi connectivity index (χ0n) is 13.9. The summed E-state index contributed by atoms with van der Waals surface area (Å²) < 4.78 is 10.8. The van der Waals surface area contributed by atoms with Crippen LogP contribution in [0.3, 0.4) is 0 Å². The molecule has 0 saturated heterocycles. The first kappa shape index (κ1) is 19.0. The number of nitrogens with zero attached hydrogens (tertiary/aromatic N) is 1. The molecule has 0 atom stereocenters. The number of halogens is 1. The fraction of sp³-hybridized carbons (Fsp3) is 0.263. The van der Waals surface area contributed by atoms with Gasteiger partial charge < -0.3 is 14.8 Å². The second kappa shape index (κ2) is 9.87. The Bertz CT molecular complexity index is 757. The van der Waals surface area contributed by atoms with Crippen molar-refractivity contribution >= 4 is 28.8 Å². The normalized spacial score (nSPS) is 9.96. The van der Waals surface area contributed by atoms with Crippen molar-refractivity contribution in [2.24, 2.45) is 0 Å². The average Bonchev–Trinajstić information content (AvgIpc) is 2.64. The second-order valence-corrected chi connectivity index (χ2v) is 6.12. The lowest BCUT2D eigenvalue weighted by molar-refractivity contribution is 0.330. The van der Waals surface area contributed by atoms with Gasteiger partial charge in [0.25, 0.3) is 0 Å². The summed E-state index contributed by atoms with van der Waals surface area (Å²) in [7, 11) is 1.61. The Hall–Kier alpha value is -2.29. The van der Waals surface area contributed by atoms with Gasteiger partial charge in [-0.2, -0.15) is 0 Å². The Morgan fingerprint density at radius 1 is 1.28 bits per heavy atom. The number of thiocarbonyl (C=S) groups is 1. The number of hydrogen-bond donors (Lipinski definition) is 1. The minimum atomic E-state index is 0.212. The first-order valence-corrected chi connectivity index (χ1v) is 8.51. The number of nitrogens with one attached hydrogen (secondary N) is 1. The third-order valence-electron chi connectivity index (χ3n) is 3.46. The van der Waals surface area contributed by atoms with Gasteiger partial charge in [-0.05, 0) is 35.7 Å². The zero-order chi connectivity index (χ0) is 18.1. The van der Waals surface area contributed by atoms with Crippen molar-refractivity contribution in [2.75, 3.05) is 13.7 Å². The molecule has 0 spiro atoms. The highest BCUT2D eigenvalue weighted by molar-refractivity contribution is 7.80. The predicted molar refractivity (Wildman–Crippen MR) is 104 cm³/mol. The molecule has 0 aliphatic carbocycles. The number of benzene rings is 1. The van der Waals surface area contributed by atoms with Crippen LogP contribution >= 0.6 is 23.8 Å². The molecule has 2 rings (SSSR count). The molecule has 0 aliphatic heterocycles. The predicted octanol–water partition coefficient (Wildman–Crippen LogP) is 3.81. The lowest BCUT2D eigenvalue weighted by Crippen LogP contribution is -2.21. The van der Waals surface area contributed by atoms with Crippen LogP contribution in [0.25, 0.3) is 0 Å². The summed E-state index contributed by atoms with van der Waals surface area (Å²) in [6.07, 6.45) is 8.49. The van der Waals surface area contributed by atoms with E-state index in [1.54, 1.807) is 19.4 Å². The molecular weight excluding hydrogens is 356 g/mol. The molecule has 0 fully saturated rings. The van der Waals surface area contributed by atoms with Gasteiger partial charge in [-0.25, -0.2) is 4.98 Å². The molecule has 0 unspecified atom stereocenters. The molecule has 0 saturated carbocycles. The lowest BCUT2D eigenvalue weighted by Gasteiger charge is -2.11. The summed E-state index contributed by atoms with van der Waals surface area (Å²) in [5.74, 6) is 3.74. The Labute approximate surface area is 158 Å². The van der Waals surface area contributed by atoms with Crippen LogP contribution in [0.1, 0.15) is 17.5 Å². The molecule has 1 aromatic carbocycles. The number of aryl methyl sites for hydroxylation is 1. The quantitative estimate of drug-likeness (QED) is 0.432. The highest BCUT2D eigenvalue weighted by Gasteiger charge is 2.06. The van der Waals surface area contributed by atoms with E-state index in [-0.39, 0.29) is 6.61 Å². The van der Waals surface area contributed by atoms with E-state index in [0.717, 1.165) is 29.0 Å². The van der Waals surface area contributed by atoms with Crippen LogP contribution in [-0.4, -0.2) is 23.7 Å². The fourth-order valence-electron chi connectivity index (χ4n) is 2.16. The van der Waals surface area contributed by atoms with Gasteiger partial charge in [0.05, 0.1) is 12.1 Å². The van der Waals surface area contributed by atoms with E-state index < -0.39 is 0 Å². The van der Waals surface area contributed by atoms with Crippen LogP contribution in [0.4, 0.5) is 0 Å². The monoisotopic (exact) mass is 374 g/mol. The smallest absolute Gasteiger partial charge is 0.162 e. The molecule has 0 bridgehead atoms. The molecule has 2 aromatic rings. The Balaban J connectivity index is 1.84. The van der Waals surface area contributed by atoms with Gasteiger partial charge in [-0.15, -0.1) is 6.42 Å². The second-order valence-electron chi connectivity index (χ2n) is 5.24. The van der Waals surface area contributed by atoms with E-state index >= 15 is 0 Å². The van der Waals surface area contributed by atoms with Gasteiger partial charge in [0.15, 0.2) is 11.5 Å². The molecular formula is C19H19ClN2O2S. The van der Waals surface area contributed by atoms with Crippen LogP contribution in [0.15, 0.2) is 36.5 Å². The van der Waals surface area contributed by atoms with E-state index in [1.165, 1.54) is 0 Å². The van der Waals surface area contributed by atoms with Crippen molar-refractivity contribution in [3.63, 3.8) is 0 Å². The van der Waals surface area contributed by atoms with E-state index in [9.17, 15) is 0 Å². The maximum absolute atomic E-state index is 5.77. The van der Waals surface area contributed by atoms with Crippen LogP contribution in [0.5, 0.6) is 11.5 Å². The number of rotatable bonds is 8. The van der Waals surface area contributed by atoms with E-state index in [4.69, 9.17) is 39.7 Å². The van der Waals surface area contributed by atoms with Gasteiger partial charge >= 0.3 is 0 Å². The standard InChI is InChI=1S/C19H19ClN2O2S/c1-3-10-24-16-7-4-14(11-17(16)23-2)6-9-19(25)22-13-15-5-8-18(20)21-12-15/h1,4-5,7-8,11-12H,6,9-10,13H2,2H3,(H,22,25). The van der Waals surface area contributed by atoms with E-state index in [1.807, 2.05) is 24.3 Å². The molecule has 130 valence electrons. The van der Waals surface area contributed by atoms with Gasteiger partial charge in [-0.1, -0.05) is 41.9 Å². The minimum Gasteiger partial charge on any atom is -0.493 e. The number of methoxy groups -OCH3 is 1. The van der Waals surface area contributed by atoms with Gasteiger partial charge in [0.2, 0.25) is 0 Å². The van der Waals surface area contributed by atoms with Crippen molar-refractivity contribution in [1.82, 2.24) is 10.3 Å². The molecule has 0 radical (unpaired) electrons. The fourth-order valence-corrected chi connectivity index (χ4v) is 2.45. The van der Waals surface area contributed by atoms with E-state index in [2.05, 4.69) is 16.2 Å². The molecule has 6 heteroatoms. The van der Waals surface area contributed by atoms with Crippen LogP contribution < -0.4 is 14.8 Å². The Kier molecular flexibility index (Phi) is 7.52. The summed E-state index contributed by atoms with van der Waals surface area (Å²) >= 11 is 11.2. The Morgan fingerprint density at radius 2 is 2.08 bits per heavy atom. The number of aromatic nitrogens is 1. The highest BCUT2D eigenvalue weighted by atomic mass is 35.5. The number of hydrogen-bond acceptors (Lipinski definition) is 4.